The zero-order chi connectivity index (χ0) is 30.2. The van der Waals surface area contributed by atoms with Crippen LogP contribution in [0, 0.1) is 17.6 Å². The van der Waals surface area contributed by atoms with Crippen molar-refractivity contribution in [1.82, 2.24) is 24.4 Å². The van der Waals surface area contributed by atoms with E-state index in [4.69, 9.17) is 20.4 Å². The van der Waals surface area contributed by atoms with Gasteiger partial charge in [-0.15, -0.1) is 0 Å². The van der Waals surface area contributed by atoms with E-state index in [9.17, 15) is 8.78 Å². The molecule has 11 heteroatoms. The van der Waals surface area contributed by atoms with Gasteiger partial charge in [-0.05, 0) is 89.4 Å². The monoisotopic (exact) mass is 598 g/mol. The number of nitrogens with one attached hydrogen (secondary N) is 2. The van der Waals surface area contributed by atoms with Crippen LogP contribution in [-0.4, -0.2) is 69.9 Å². The first-order chi connectivity index (χ1) is 20.9. The number of hydrogen-bond acceptors (Lipinski definition) is 8. The molecule has 3 aromatic rings. The molecule has 0 aliphatic heterocycles. The molecule has 2 aliphatic carbocycles. The Kier molecular flexibility index (Phi) is 11.2. The third kappa shape index (κ3) is 8.61. The van der Waals surface area contributed by atoms with E-state index in [-0.39, 0.29) is 23.8 Å². The average Bonchev–Trinajstić information content (AvgIpc) is 3.35. The molecule has 4 N–H and O–H groups in total. The molecule has 0 unspecified atom stereocenters. The number of likely N-dealkylation sites (N-methyl/N-ethyl adjacent to an activating group) is 1. The largest absolute Gasteiger partial charge is 0.380 e. The lowest BCUT2D eigenvalue weighted by atomic mass is 9.86. The topological polar surface area (TPSA) is 106 Å². The number of unbranched alkanes of at least 4 members (excludes halogenated alkanes) is 2. The second kappa shape index (κ2) is 15.2. The van der Waals surface area contributed by atoms with Gasteiger partial charge in [-0.25, -0.2) is 18.7 Å². The molecule has 0 saturated heterocycles. The maximum atomic E-state index is 14.6. The first-order valence-corrected chi connectivity index (χ1v) is 16.1. The van der Waals surface area contributed by atoms with Crippen LogP contribution in [0.1, 0.15) is 83.6 Å². The maximum Gasteiger partial charge on any atom is 0.224 e. The zero-order valence-corrected chi connectivity index (χ0v) is 25.7. The first-order valence-electron chi connectivity index (χ1n) is 16.1. The van der Waals surface area contributed by atoms with Crippen LogP contribution >= 0.6 is 0 Å². The molecule has 0 radical (unpaired) electrons. The molecular weight excluding hydrogens is 550 g/mol. The highest BCUT2D eigenvalue weighted by Gasteiger charge is 2.28. The van der Waals surface area contributed by atoms with Gasteiger partial charge < -0.3 is 26.0 Å². The molecule has 2 fully saturated rings. The van der Waals surface area contributed by atoms with Crippen LogP contribution < -0.4 is 16.4 Å². The molecule has 0 atom stereocenters. The Morgan fingerprint density at radius 1 is 1.02 bits per heavy atom. The van der Waals surface area contributed by atoms with Crippen LogP contribution in [0.2, 0.25) is 0 Å². The predicted molar refractivity (Wildman–Crippen MR) is 168 cm³/mol. The normalized spacial score (nSPS) is 22.7. The number of anilines is 3. The Morgan fingerprint density at radius 2 is 1.81 bits per heavy atom. The van der Waals surface area contributed by atoms with E-state index in [0.29, 0.717) is 29.0 Å². The van der Waals surface area contributed by atoms with Crippen molar-refractivity contribution in [1.29, 1.82) is 0 Å². The van der Waals surface area contributed by atoms with E-state index in [1.807, 2.05) is 0 Å². The SMILES string of the molecule is CCCCCN(C)CCOC[C@H]1CC[C@@H](n2c(Nc3ccc(F)cc3F)nc3cnc(N[C@H]4CC[C@H](N)CC4)nc32)CC1. The summed E-state index contributed by atoms with van der Waals surface area (Å²) >= 11 is 0. The summed E-state index contributed by atoms with van der Waals surface area (Å²) in [6.07, 6.45) is 13.3. The molecule has 2 heterocycles. The predicted octanol–water partition coefficient (Wildman–Crippen LogP) is 6.40. The van der Waals surface area contributed by atoms with Gasteiger partial charge in [0.1, 0.15) is 17.2 Å². The number of rotatable bonds is 14. The maximum absolute atomic E-state index is 14.6. The lowest BCUT2D eigenvalue weighted by Gasteiger charge is -2.30. The van der Waals surface area contributed by atoms with Crippen molar-refractivity contribution in [3.63, 3.8) is 0 Å². The Morgan fingerprint density at radius 3 is 2.56 bits per heavy atom. The molecule has 0 spiro atoms. The first kappa shape index (κ1) is 31.5. The number of aromatic nitrogens is 4. The van der Waals surface area contributed by atoms with Crippen LogP contribution in [0.3, 0.4) is 0 Å². The third-order valence-corrected chi connectivity index (χ3v) is 9.01. The fourth-order valence-corrected chi connectivity index (χ4v) is 6.34. The molecule has 2 aromatic heterocycles. The fraction of sp³-hybridized carbons (Fsp3) is 0.656. The van der Waals surface area contributed by atoms with Gasteiger partial charge in [0, 0.05) is 37.3 Å². The van der Waals surface area contributed by atoms with Gasteiger partial charge in [0.2, 0.25) is 11.9 Å². The lowest BCUT2D eigenvalue weighted by molar-refractivity contribution is 0.0662. The number of nitrogens with zero attached hydrogens (tertiary/aromatic N) is 5. The van der Waals surface area contributed by atoms with Gasteiger partial charge in [0.05, 0.1) is 18.5 Å². The number of halogens is 2. The Balaban J connectivity index is 1.27. The second-order valence-electron chi connectivity index (χ2n) is 12.5. The van der Waals surface area contributed by atoms with E-state index in [1.54, 1.807) is 6.20 Å². The van der Waals surface area contributed by atoms with E-state index >= 15 is 0 Å². The minimum Gasteiger partial charge on any atom is -0.380 e. The van der Waals surface area contributed by atoms with Crippen molar-refractivity contribution >= 4 is 28.7 Å². The van der Waals surface area contributed by atoms with Gasteiger partial charge in [-0.1, -0.05) is 19.8 Å². The summed E-state index contributed by atoms with van der Waals surface area (Å²) in [5.74, 6) is 0.272. The summed E-state index contributed by atoms with van der Waals surface area (Å²) in [7, 11) is 2.16. The highest BCUT2D eigenvalue weighted by Crippen LogP contribution is 2.37. The highest BCUT2D eigenvalue weighted by molar-refractivity contribution is 5.76. The molecule has 5 rings (SSSR count). The second-order valence-corrected chi connectivity index (χ2v) is 12.5. The Bertz CT molecular complexity index is 1300. The smallest absolute Gasteiger partial charge is 0.224 e. The third-order valence-electron chi connectivity index (χ3n) is 9.01. The van der Waals surface area contributed by atoms with E-state index in [1.165, 1.54) is 31.4 Å². The number of hydrogen-bond donors (Lipinski definition) is 3. The van der Waals surface area contributed by atoms with Gasteiger partial charge in [0.25, 0.3) is 0 Å². The fourth-order valence-electron chi connectivity index (χ4n) is 6.34. The number of ether oxygens (including phenoxy) is 1. The Hall–Kier alpha value is -2.89. The molecular formula is C32H48F2N8O. The number of benzene rings is 1. The summed E-state index contributed by atoms with van der Waals surface area (Å²) in [5.41, 5.74) is 7.61. The molecule has 0 amide bonds. The summed E-state index contributed by atoms with van der Waals surface area (Å²) in [6, 6.07) is 4.20. The van der Waals surface area contributed by atoms with Crippen molar-refractivity contribution in [2.75, 3.05) is 44.0 Å². The van der Waals surface area contributed by atoms with E-state index in [0.717, 1.165) is 83.7 Å². The summed E-state index contributed by atoms with van der Waals surface area (Å²) in [5, 5.41) is 6.62. The van der Waals surface area contributed by atoms with Crippen molar-refractivity contribution in [2.24, 2.45) is 11.7 Å². The molecule has 9 nitrogen and oxygen atoms in total. The zero-order valence-electron chi connectivity index (χ0n) is 25.7. The minimum absolute atomic E-state index is 0.132. The number of imidazole rings is 1. The van der Waals surface area contributed by atoms with Gasteiger partial charge >= 0.3 is 0 Å². The van der Waals surface area contributed by atoms with Crippen LogP contribution in [0.15, 0.2) is 24.4 Å². The lowest BCUT2D eigenvalue weighted by Crippen LogP contribution is -2.33. The molecule has 2 aliphatic rings. The summed E-state index contributed by atoms with van der Waals surface area (Å²) in [4.78, 5) is 16.6. The highest BCUT2D eigenvalue weighted by atomic mass is 19.1. The summed E-state index contributed by atoms with van der Waals surface area (Å²) < 4.78 is 36.4. The van der Waals surface area contributed by atoms with E-state index < -0.39 is 11.6 Å². The van der Waals surface area contributed by atoms with Crippen LogP contribution in [-0.2, 0) is 4.74 Å². The van der Waals surface area contributed by atoms with Crippen molar-refractivity contribution < 1.29 is 13.5 Å². The standard InChI is InChI=1S/C32H48F2N8O/c1-3-4-5-16-41(2)17-18-43-21-22-6-13-26(14-7-22)42-30-29(39-32(42)38-28-15-8-23(33)19-27(28)34)20-36-31(40-30)37-25-11-9-24(35)10-12-25/h8,15,19-20,22,24-26H,3-7,9-14,16-18,21,35H2,1-2H3,(H,38,39)(H,36,37,40)/t22-,24-,25-,26+. The van der Waals surface area contributed by atoms with Gasteiger partial charge in [-0.3, -0.25) is 4.57 Å². The molecule has 1 aromatic carbocycles. The van der Waals surface area contributed by atoms with Gasteiger partial charge in [-0.2, -0.15) is 4.98 Å². The quantitative estimate of drug-likeness (QED) is 0.183. The van der Waals surface area contributed by atoms with Crippen LogP contribution in [0.25, 0.3) is 11.2 Å². The van der Waals surface area contributed by atoms with Crippen molar-refractivity contribution in [3.05, 3.63) is 36.0 Å². The van der Waals surface area contributed by atoms with Crippen molar-refractivity contribution in [3.8, 4) is 0 Å². The van der Waals surface area contributed by atoms with Crippen LogP contribution in [0.4, 0.5) is 26.4 Å². The molecule has 2 saturated carbocycles. The average molecular weight is 599 g/mol. The Labute approximate surface area is 254 Å². The number of fused-ring (bicyclic) bond motifs is 1. The molecule has 236 valence electrons. The number of nitrogens with two attached hydrogens (primary N) is 1. The van der Waals surface area contributed by atoms with Crippen molar-refractivity contribution in [2.45, 2.75) is 95.7 Å². The van der Waals surface area contributed by atoms with Crippen LogP contribution in [0.5, 0.6) is 0 Å². The minimum atomic E-state index is -0.667. The molecule has 0 bridgehead atoms. The molecule has 43 heavy (non-hydrogen) atoms. The van der Waals surface area contributed by atoms with Gasteiger partial charge in [0.15, 0.2) is 5.65 Å². The summed E-state index contributed by atoms with van der Waals surface area (Å²) in [6.45, 7) is 5.83. The van der Waals surface area contributed by atoms with E-state index in [2.05, 4.69) is 39.1 Å².